The van der Waals surface area contributed by atoms with Crippen LogP contribution in [0.4, 0.5) is 0 Å². The third-order valence-electron chi connectivity index (χ3n) is 5.38. The second kappa shape index (κ2) is 11.0. The van der Waals surface area contributed by atoms with Gasteiger partial charge in [0.15, 0.2) is 6.61 Å². The molecular formula is C27H26N2O5. The van der Waals surface area contributed by atoms with Crippen molar-refractivity contribution in [3.63, 3.8) is 0 Å². The molecule has 0 aliphatic carbocycles. The molecule has 7 nitrogen and oxygen atoms in total. The van der Waals surface area contributed by atoms with E-state index < -0.39 is 24.3 Å². The maximum absolute atomic E-state index is 12.7. The van der Waals surface area contributed by atoms with Crippen LogP contribution in [0.3, 0.4) is 0 Å². The summed E-state index contributed by atoms with van der Waals surface area (Å²) in [5.41, 5.74) is 9.87. The Hall–Kier alpha value is -4.39. The summed E-state index contributed by atoms with van der Waals surface area (Å²) < 4.78 is 7.12. The molecule has 174 valence electrons. The molecule has 0 fully saturated rings. The van der Waals surface area contributed by atoms with Crippen LogP contribution in [0.1, 0.15) is 27.2 Å². The van der Waals surface area contributed by atoms with Crippen LogP contribution in [0.25, 0.3) is 11.1 Å². The fourth-order valence-corrected chi connectivity index (χ4v) is 3.58. The van der Waals surface area contributed by atoms with Crippen molar-refractivity contribution in [2.24, 2.45) is 12.8 Å². The molecule has 3 N–H and O–H groups in total. The minimum atomic E-state index is -1.16. The van der Waals surface area contributed by atoms with Gasteiger partial charge in [0, 0.05) is 30.9 Å². The Kier molecular flexibility index (Phi) is 7.82. The molecule has 34 heavy (non-hydrogen) atoms. The zero-order valence-corrected chi connectivity index (χ0v) is 19.0. The summed E-state index contributed by atoms with van der Waals surface area (Å²) in [5.74, 6) is -3.02. The SMILES string of the molecule is Cc1c(C(=O)C(N)=O)cc(OCC(=O)O)cccn(C)c1Cc1ccc(-c2ccccc2)cc1. The van der Waals surface area contributed by atoms with Gasteiger partial charge in [-0.15, -0.1) is 0 Å². The molecule has 3 aromatic rings. The lowest BCUT2D eigenvalue weighted by Gasteiger charge is -2.13. The first kappa shape index (κ1) is 24.3. The van der Waals surface area contributed by atoms with E-state index in [0.717, 1.165) is 22.4 Å². The summed E-state index contributed by atoms with van der Waals surface area (Å²) in [6.45, 7) is 1.14. The molecule has 1 heterocycles. The van der Waals surface area contributed by atoms with Gasteiger partial charge < -0.3 is 20.1 Å². The number of aryl methyl sites for hydroxylation is 1. The number of nitrogens with zero attached hydrogens (tertiary/aromatic N) is 1. The molecule has 0 aliphatic heterocycles. The number of primary amides is 1. The molecule has 0 saturated heterocycles. The van der Waals surface area contributed by atoms with Crippen LogP contribution in [0.2, 0.25) is 0 Å². The summed E-state index contributed by atoms with van der Waals surface area (Å²) in [7, 11) is 1.83. The Morgan fingerprint density at radius 3 is 2.21 bits per heavy atom. The normalized spacial score (nSPS) is 10.3. The number of hydrogen-bond acceptors (Lipinski definition) is 4. The first-order valence-electron chi connectivity index (χ1n) is 10.6. The molecule has 1 amide bonds. The van der Waals surface area contributed by atoms with Gasteiger partial charge in [0.05, 0.1) is 0 Å². The summed E-state index contributed by atoms with van der Waals surface area (Å²) in [6, 6.07) is 22.7. The number of Topliss-reactive ketones (excluding diaryl/α,β-unsaturated/α-hetero) is 1. The highest BCUT2D eigenvalue weighted by molar-refractivity contribution is 6.42. The van der Waals surface area contributed by atoms with Crippen LogP contribution in [0.15, 0.2) is 79.0 Å². The predicted molar refractivity (Wildman–Crippen MR) is 129 cm³/mol. The van der Waals surface area contributed by atoms with Gasteiger partial charge in [-0.2, -0.15) is 0 Å². The number of aromatic nitrogens is 1. The third-order valence-corrected chi connectivity index (χ3v) is 5.38. The van der Waals surface area contributed by atoms with E-state index in [1.165, 1.54) is 12.1 Å². The average Bonchev–Trinajstić information content (AvgIpc) is 2.88. The van der Waals surface area contributed by atoms with Crippen molar-refractivity contribution in [2.75, 3.05) is 6.61 Å². The number of carboxylic acid groups (broad SMARTS) is 1. The van der Waals surface area contributed by atoms with Crippen molar-refractivity contribution in [2.45, 2.75) is 13.3 Å². The van der Waals surface area contributed by atoms with Gasteiger partial charge in [-0.1, -0.05) is 54.6 Å². The number of hydrogen-bond donors (Lipinski definition) is 2. The molecule has 0 unspecified atom stereocenters. The summed E-state index contributed by atoms with van der Waals surface area (Å²) in [4.78, 5) is 35.3. The van der Waals surface area contributed by atoms with Gasteiger partial charge in [-0.05, 0) is 47.4 Å². The topological polar surface area (TPSA) is 112 Å². The maximum atomic E-state index is 12.7. The number of carboxylic acids is 1. The van der Waals surface area contributed by atoms with Crippen LogP contribution in [0.5, 0.6) is 5.75 Å². The van der Waals surface area contributed by atoms with Crippen LogP contribution in [-0.2, 0) is 23.1 Å². The Morgan fingerprint density at radius 1 is 0.941 bits per heavy atom. The zero-order valence-electron chi connectivity index (χ0n) is 19.0. The number of ketones is 1. The summed E-state index contributed by atoms with van der Waals surface area (Å²) in [5, 5.41) is 8.93. The maximum Gasteiger partial charge on any atom is 0.341 e. The molecule has 0 bridgehead atoms. The standard InChI is InChI=1S/C27H26N2O5/c1-18-23(26(32)27(28)33)16-22(34-17-25(30)31)9-6-14-29(2)24(18)15-19-10-12-21(13-11-19)20-7-4-3-5-8-20/h3-14,16H,15,17H2,1-2H3,(H2,28,33)(H,30,31). The molecule has 2 aromatic carbocycles. The molecule has 0 spiro atoms. The predicted octanol–water partition coefficient (Wildman–Crippen LogP) is 3.85. The third kappa shape index (κ3) is 6.10. The van der Waals surface area contributed by atoms with Crippen molar-refractivity contribution in [1.82, 2.24) is 4.57 Å². The van der Waals surface area contributed by atoms with Crippen LogP contribution in [-0.4, -0.2) is 33.9 Å². The highest BCUT2D eigenvalue weighted by Crippen LogP contribution is 2.23. The number of carbonyl (C=O) groups excluding carboxylic acids is 2. The van der Waals surface area contributed by atoms with Gasteiger partial charge in [0.2, 0.25) is 5.78 Å². The Balaban J connectivity index is 2.08. The quantitative estimate of drug-likeness (QED) is 0.393. The Labute approximate surface area is 197 Å². The van der Waals surface area contributed by atoms with Gasteiger partial charge in [0.1, 0.15) is 5.75 Å². The molecule has 3 rings (SSSR count). The number of amides is 1. The van der Waals surface area contributed by atoms with Crippen LogP contribution >= 0.6 is 0 Å². The van der Waals surface area contributed by atoms with Gasteiger partial charge in [-0.25, -0.2) is 4.79 Å². The molecule has 7 heteroatoms. The highest BCUT2D eigenvalue weighted by atomic mass is 16.5. The van der Waals surface area contributed by atoms with Crippen molar-refractivity contribution in [3.8, 4) is 16.9 Å². The van der Waals surface area contributed by atoms with E-state index in [0.29, 0.717) is 12.0 Å². The van der Waals surface area contributed by atoms with Crippen molar-refractivity contribution >= 4 is 17.7 Å². The molecule has 1 aromatic heterocycles. The first-order valence-corrected chi connectivity index (χ1v) is 10.6. The number of ether oxygens (including phenoxy) is 1. The van der Waals surface area contributed by atoms with Crippen LogP contribution in [0, 0.1) is 6.92 Å². The van der Waals surface area contributed by atoms with Crippen LogP contribution < -0.4 is 10.5 Å². The fourth-order valence-electron chi connectivity index (χ4n) is 3.58. The summed E-state index contributed by atoms with van der Waals surface area (Å²) >= 11 is 0. The molecule has 0 atom stereocenters. The van der Waals surface area contributed by atoms with E-state index in [4.69, 9.17) is 15.6 Å². The van der Waals surface area contributed by atoms with E-state index in [-0.39, 0.29) is 11.3 Å². The summed E-state index contributed by atoms with van der Waals surface area (Å²) in [6.07, 6.45) is 2.25. The lowest BCUT2D eigenvalue weighted by atomic mass is 9.98. The largest absolute Gasteiger partial charge is 0.482 e. The van der Waals surface area contributed by atoms with Crippen molar-refractivity contribution in [3.05, 3.63) is 101 Å². The first-order chi connectivity index (χ1) is 16.3. The smallest absolute Gasteiger partial charge is 0.341 e. The van der Waals surface area contributed by atoms with Gasteiger partial charge in [0.25, 0.3) is 5.91 Å². The molecular weight excluding hydrogens is 432 g/mol. The molecule has 0 aliphatic rings. The number of rotatable bonds is 8. The lowest BCUT2D eigenvalue weighted by Crippen LogP contribution is -2.24. The van der Waals surface area contributed by atoms with Gasteiger partial charge >= 0.3 is 5.97 Å². The highest BCUT2D eigenvalue weighted by Gasteiger charge is 2.18. The van der Waals surface area contributed by atoms with Gasteiger partial charge in [-0.3, -0.25) is 9.59 Å². The van der Waals surface area contributed by atoms with E-state index in [1.54, 1.807) is 19.2 Å². The number of nitrogens with two attached hydrogens (primary N) is 1. The van der Waals surface area contributed by atoms with Crippen molar-refractivity contribution in [1.29, 1.82) is 0 Å². The fraction of sp³-hybridized carbons (Fsp3) is 0.148. The van der Waals surface area contributed by atoms with E-state index >= 15 is 0 Å². The zero-order chi connectivity index (χ0) is 24.7. The van der Waals surface area contributed by atoms with E-state index in [1.807, 2.05) is 66.2 Å². The second-order valence-corrected chi connectivity index (χ2v) is 7.77. The number of carbonyl (C=O) groups is 3. The van der Waals surface area contributed by atoms with Crippen molar-refractivity contribution < 1.29 is 24.2 Å². The Morgan fingerprint density at radius 2 is 1.59 bits per heavy atom. The molecule has 0 radical (unpaired) electrons. The lowest BCUT2D eigenvalue weighted by molar-refractivity contribution is -0.139. The minimum absolute atomic E-state index is 0.0515. The van der Waals surface area contributed by atoms with E-state index in [9.17, 15) is 14.4 Å². The number of aliphatic carboxylic acids is 1. The monoisotopic (exact) mass is 458 g/mol. The molecule has 0 saturated carbocycles. The second-order valence-electron chi connectivity index (χ2n) is 7.77. The van der Waals surface area contributed by atoms with E-state index in [2.05, 4.69) is 0 Å². The minimum Gasteiger partial charge on any atom is -0.482 e. The Bertz CT molecular complexity index is 1260. The average molecular weight is 459 g/mol. The number of benzene rings is 2.